The third-order valence-electron chi connectivity index (χ3n) is 12.5. The van der Waals surface area contributed by atoms with Crippen molar-refractivity contribution in [2.45, 2.75) is 12.8 Å². The summed E-state index contributed by atoms with van der Waals surface area (Å²) in [5.41, 5.74) is 21.3. The number of fused-ring (bicyclic) bond motifs is 5. The van der Waals surface area contributed by atoms with Crippen LogP contribution in [0.15, 0.2) is 164 Å². The predicted molar refractivity (Wildman–Crippen MR) is 227 cm³/mol. The van der Waals surface area contributed by atoms with E-state index < -0.39 is 0 Å². The Morgan fingerprint density at radius 3 is 1.91 bits per heavy atom. The van der Waals surface area contributed by atoms with Gasteiger partial charge in [0.25, 0.3) is 0 Å². The molecule has 7 aromatic carbocycles. The number of aromatic nitrogens is 1. The van der Waals surface area contributed by atoms with Gasteiger partial charge in [0, 0.05) is 39.3 Å². The van der Waals surface area contributed by atoms with Crippen LogP contribution in [0, 0.1) is 12.8 Å². The van der Waals surface area contributed by atoms with Gasteiger partial charge in [-0.2, -0.15) is 0 Å². The van der Waals surface area contributed by atoms with Gasteiger partial charge in [0.2, 0.25) is 0 Å². The highest BCUT2D eigenvalue weighted by atomic mass is 14.9. The van der Waals surface area contributed by atoms with Crippen molar-refractivity contribution < 1.29 is 0 Å². The normalized spacial score (nSPS) is 17.0. The maximum Gasteiger partial charge on any atom is 0.142 e. The average Bonchev–Trinajstić information content (AvgIpc) is 3.72. The van der Waals surface area contributed by atoms with E-state index in [1.54, 1.807) is 0 Å². The van der Waals surface area contributed by atoms with Gasteiger partial charge in [-0.1, -0.05) is 145 Å². The maximum absolute atomic E-state index is 2.68. The Labute approximate surface area is 309 Å². The van der Waals surface area contributed by atoms with Gasteiger partial charge in [-0.3, -0.25) is 0 Å². The SMILES string of the molecule is BC1=C2c3cccc(-c4c(C)ccc5ccccc45)c3-c3cc(-c4ccccc4)cc4c5cc(-c6ccccc6)cc6c(c1n(c34)c65)C1C=CC=CC21. The minimum absolute atomic E-state index is 0.232. The Bertz CT molecular complexity index is 3120. The van der Waals surface area contributed by atoms with E-state index in [-0.39, 0.29) is 11.8 Å². The Hall–Kier alpha value is -6.38. The highest BCUT2D eigenvalue weighted by Crippen LogP contribution is 2.59. The summed E-state index contributed by atoms with van der Waals surface area (Å²) in [7, 11) is 2.40. The summed E-state index contributed by atoms with van der Waals surface area (Å²) in [6.45, 7) is 2.28. The first-order valence-corrected chi connectivity index (χ1v) is 18.9. The second kappa shape index (κ2) is 10.6. The molecule has 12 rings (SSSR count). The van der Waals surface area contributed by atoms with Crippen LogP contribution >= 0.6 is 0 Å². The van der Waals surface area contributed by atoms with E-state index in [2.05, 4.69) is 183 Å². The first kappa shape index (κ1) is 29.2. The number of allylic oxidation sites excluding steroid dienone is 5. The van der Waals surface area contributed by atoms with Crippen LogP contribution in [0.1, 0.15) is 28.3 Å². The van der Waals surface area contributed by atoms with Gasteiger partial charge < -0.3 is 4.40 Å². The van der Waals surface area contributed by atoms with E-state index in [1.165, 1.54) is 116 Å². The number of rotatable bonds is 3. The van der Waals surface area contributed by atoms with Crippen LogP contribution in [0.25, 0.3) is 93.5 Å². The fraction of sp³-hybridized carbons (Fsp3) is 0.0588. The molecule has 53 heavy (non-hydrogen) atoms. The van der Waals surface area contributed by atoms with Gasteiger partial charge in [-0.05, 0) is 103 Å². The van der Waals surface area contributed by atoms with E-state index >= 15 is 0 Å². The van der Waals surface area contributed by atoms with Crippen molar-refractivity contribution in [3.05, 3.63) is 186 Å². The fourth-order valence-electron chi connectivity index (χ4n) is 10.4. The molecule has 3 heterocycles. The molecule has 0 spiro atoms. The van der Waals surface area contributed by atoms with Crippen LogP contribution in [-0.2, 0) is 0 Å². The summed E-state index contributed by atoms with van der Waals surface area (Å²) in [6.07, 6.45) is 9.48. The zero-order valence-corrected chi connectivity index (χ0v) is 29.7. The molecule has 246 valence electrons. The monoisotopic (exact) mass is 671 g/mol. The Kier molecular flexibility index (Phi) is 5.84. The lowest BCUT2D eigenvalue weighted by molar-refractivity contribution is 0.711. The molecule has 4 bridgehead atoms. The van der Waals surface area contributed by atoms with Crippen LogP contribution in [0.5, 0.6) is 0 Å². The van der Waals surface area contributed by atoms with Gasteiger partial charge >= 0.3 is 0 Å². The molecular formula is C51H34BN. The third kappa shape index (κ3) is 3.83. The van der Waals surface area contributed by atoms with Crippen LogP contribution in [0.2, 0.25) is 0 Å². The summed E-state index contributed by atoms with van der Waals surface area (Å²) in [6, 6.07) is 52.5. The van der Waals surface area contributed by atoms with E-state index in [0.717, 1.165) is 0 Å². The molecular weight excluding hydrogens is 637 g/mol. The van der Waals surface area contributed by atoms with E-state index in [9.17, 15) is 0 Å². The summed E-state index contributed by atoms with van der Waals surface area (Å²) in [4.78, 5) is 0. The molecule has 2 unspecified atom stereocenters. The molecule has 0 saturated carbocycles. The van der Waals surface area contributed by atoms with Gasteiger partial charge in [-0.25, -0.2) is 0 Å². The molecule has 0 N–H and O–H groups in total. The first-order valence-electron chi connectivity index (χ1n) is 18.9. The largest absolute Gasteiger partial charge is 0.308 e. The smallest absolute Gasteiger partial charge is 0.142 e. The van der Waals surface area contributed by atoms with E-state index in [0.29, 0.717) is 0 Å². The Morgan fingerprint density at radius 1 is 0.491 bits per heavy atom. The molecule has 9 aromatic rings. The van der Waals surface area contributed by atoms with E-state index in [1.807, 2.05) is 0 Å². The number of hydrogen-bond donors (Lipinski definition) is 0. The predicted octanol–water partition coefficient (Wildman–Crippen LogP) is 12.5. The molecule has 1 nitrogen and oxygen atoms in total. The molecule has 2 aromatic heterocycles. The first-order chi connectivity index (χ1) is 26.2. The molecule has 2 atom stereocenters. The summed E-state index contributed by atoms with van der Waals surface area (Å²) >= 11 is 0. The molecule has 0 amide bonds. The Balaban J connectivity index is 1.34. The molecule has 1 aliphatic heterocycles. The summed E-state index contributed by atoms with van der Waals surface area (Å²) < 4.78 is 2.68. The number of benzene rings is 7. The minimum Gasteiger partial charge on any atom is -0.308 e. The van der Waals surface area contributed by atoms with Crippen molar-refractivity contribution in [3.63, 3.8) is 0 Å². The lowest BCUT2D eigenvalue weighted by atomic mass is 9.64. The average molecular weight is 672 g/mol. The zero-order chi connectivity index (χ0) is 34.9. The molecule has 0 radical (unpaired) electrons. The summed E-state index contributed by atoms with van der Waals surface area (Å²) in [5.74, 6) is 0.481. The molecule has 0 saturated heterocycles. The van der Waals surface area contributed by atoms with Gasteiger partial charge in [0.05, 0.1) is 11.0 Å². The topological polar surface area (TPSA) is 4.41 Å². The van der Waals surface area contributed by atoms with Crippen LogP contribution in [0.4, 0.5) is 0 Å². The summed E-state index contributed by atoms with van der Waals surface area (Å²) in [5, 5.41) is 6.59. The second-order valence-electron chi connectivity index (χ2n) is 15.2. The van der Waals surface area contributed by atoms with Crippen molar-refractivity contribution in [3.8, 4) is 44.5 Å². The second-order valence-corrected chi connectivity index (χ2v) is 15.2. The van der Waals surface area contributed by atoms with E-state index in [4.69, 9.17) is 0 Å². The van der Waals surface area contributed by atoms with Crippen molar-refractivity contribution in [1.29, 1.82) is 0 Å². The van der Waals surface area contributed by atoms with Crippen molar-refractivity contribution in [2.24, 2.45) is 5.92 Å². The van der Waals surface area contributed by atoms with Crippen molar-refractivity contribution in [1.82, 2.24) is 4.40 Å². The third-order valence-corrected chi connectivity index (χ3v) is 12.5. The maximum atomic E-state index is 2.68. The fourth-order valence-corrected chi connectivity index (χ4v) is 10.4. The molecule has 2 heteroatoms. The van der Waals surface area contributed by atoms with Crippen LogP contribution in [0.3, 0.4) is 0 Å². The standard InChI is InChI=1S/C51H34BN/c1-29-23-24-32-17-8-9-18-35(32)44(29)38-21-12-22-39-45(38)42-27-33(30-13-4-2-5-14-30)25-40-41-26-34(31-15-6-3-7-16-31)28-43-47-37-20-11-10-19-36(37)46(39)48(52)51(47)53(49(40)42)50(41)43/h2-28,36-37H,52H2,1H3. The van der Waals surface area contributed by atoms with Gasteiger partial charge in [-0.15, -0.1) is 0 Å². The van der Waals surface area contributed by atoms with Crippen LogP contribution in [-0.4, -0.2) is 12.2 Å². The number of hydrogen-bond acceptors (Lipinski definition) is 0. The van der Waals surface area contributed by atoms with Gasteiger partial charge in [0.1, 0.15) is 7.85 Å². The quantitative estimate of drug-likeness (QED) is 0.165. The number of nitrogens with zero attached hydrogens (tertiary/aromatic N) is 1. The van der Waals surface area contributed by atoms with Crippen molar-refractivity contribution >= 4 is 56.9 Å². The Morgan fingerprint density at radius 2 is 1.13 bits per heavy atom. The minimum atomic E-state index is 0.232. The van der Waals surface area contributed by atoms with Gasteiger partial charge in [0.15, 0.2) is 0 Å². The lowest BCUT2D eigenvalue weighted by Crippen LogP contribution is -2.22. The lowest BCUT2D eigenvalue weighted by Gasteiger charge is -2.37. The molecule has 0 fully saturated rings. The molecule has 2 aliphatic carbocycles. The highest BCUT2D eigenvalue weighted by molar-refractivity contribution is 6.48. The highest BCUT2D eigenvalue weighted by Gasteiger charge is 2.40. The van der Waals surface area contributed by atoms with Crippen molar-refractivity contribution in [2.75, 3.05) is 0 Å². The molecule has 3 aliphatic rings. The van der Waals surface area contributed by atoms with Crippen LogP contribution < -0.4 is 0 Å². The number of aryl methyl sites for hydroxylation is 1. The zero-order valence-electron chi connectivity index (χ0n) is 29.7.